The fourth-order valence-electron chi connectivity index (χ4n) is 3.26. The minimum absolute atomic E-state index is 0.00477. The number of aliphatic hydroxyl groups excluding tert-OH is 1. The van der Waals surface area contributed by atoms with E-state index in [1.54, 1.807) is 11.9 Å². The molecule has 0 aliphatic carbocycles. The van der Waals surface area contributed by atoms with E-state index in [1.807, 2.05) is 0 Å². The lowest BCUT2D eigenvalue weighted by Gasteiger charge is -2.34. The van der Waals surface area contributed by atoms with Crippen molar-refractivity contribution in [1.29, 1.82) is 0 Å². The summed E-state index contributed by atoms with van der Waals surface area (Å²) in [7, 11) is 1.72. The van der Waals surface area contributed by atoms with Crippen LogP contribution in [0.3, 0.4) is 0 Å². The highest BCUT2D eigenvalue weighted by Gasteiger charge is 2.35. The fourth-order valence-corrected chi connectivity index (χ4v) is 3.26. The molecule has 2 rings (SSSR count). The summed E-state index contributed by atoms with van der Waals surface area (Å²) in [6, 6.07) is 0.0919. The third kappa shape index (κ3) is 5.10. The van der Waals surface area contributed by atoms with Crippen molar-refractivity contribution in [3.8, 4) is 0 Å². The third-order valence-electron chi connectivity index (χ3n) is 4.41. The monoisotopic (exact) mass is 323 g/mol. The van der Waals surface area contributed by atoms with Crippen LogP contribution in [-0.4, -0.2) is 78.9 Å². The van der Waals surface area contributed by atoms with Crippen LogP contribution in [0.4, 0.5) is 13.2 Å². The normalized spacial score (nSPS) is 28.0. The Hall–Kier alpha value is -0.860. The Balaban J connectivity index is 1.74. The quantitative estimate of drug-likeness (QED) is 0.788. The van der Waals surface area contributed by atoms with Crippen molar-refractivity contribution in [1.82, 2.24) is 15.1 Å². The SMILES string of the molecule is CN(C[C@@H]1C[C@@H](O)CN1)C(=O)C1CCN(CC(F)(F)F)CC1. The summed E-state index contributed by atoms with van der Waals surface area (Å²) in [6.07, 6.45) is -2.97. The molecule has 0 aromatic heterocycles. The molecule has 2 heterocycles. The molecular formula is C14H24F3N3O2. The minimum Gasteiger partial charge on any atom is -0.392 e. The first-order chi connectivity index (χ1) is 10.2. The number of likely N-dealkylation sites (N-methyl/N-ethyl adjacent to an activating group) is 1. The molecule has 0 saturated carbocycles. The lowest BCUT2D eigenvalue weighted by Crippen LogP contribution is -2.46. The molecule has 22 heavy (non-hydrogen) atoms. The van der Waals surface area contributed by atoms with Crippen molar-refractivity contribution in [2.45, 2.75) is 37.6 Å². The van der Waals surface area contributed by atoms with Crippen molar-refractivity contribution < 1.29 is 23.1 Å². The van der Waals surface area contributed by atoms with Crippen molar-refractivity contribution in [2.24, 2.45) is 5.92 Å². The van der Waals surface area contributed by atoms with Gasteiger partial charge in [0.25, 0.3) is 0 Å². The second-order valence-corrected chi connectivity index (χ2v) is 6.38. The average molecular weight is 323 g/mol. The van der Waals surface area contributed by atoms with Gasteiger partial charge in [-0.15, -0.1) is 0 Å². The van der Waals surface area contributed by atoms with E-state index in [4.69, 9.17) is 0 Å². The van der Waals surface area contributed by atoms with Crippen molar-refractivity contribution in [3.63, 3.8) is 0 Å². The first-order valence-corrected chi connectivity index (χ1v) is 7.70. The predicted molar refractivity (Wildman–Crippen MR) is 75.3 cm³/mol. The third-order valence-corrected chi connectivity index (χ3v) is 4.41. The van der Waals surface area contributed by atoms with Gasteiger partial charge < -0.3 is 15.3 Å². The Morgan fingerprint density at radius 2 is 2.00 bits per heavy atom. The molecule has 0 radical (unpaired) electrons. The Morgan fingerprint density at radius 3 is 2.50 bits per heavy atom. The number of hydrogen-bond donors (Lipinski definition) is 2. The van der Waals surface area contributed by atoms with Crippen molar-refractivity contribution in [2.75, 3.05) is 39.8 Å². The van der Waals surface area contributed by atoms with Gasteiger partial charge in [0.2, 0.25) is 5.91 Å². The molecule has 2 aliphatic rings. The van der Waals surface area contributed by atoms with Crippen LogP contribution in [0.2, 0.25) is 0 Å². The zero-order chi connectivity index (χ0) is 16.3. The molecule has 0 spiro atoms. The van der Waals surface area contributed by atoms with Gasteiger partial charge in [-0.25, -0.2) is 0 Å². The standard InChI is InChI=1S/C14H24F3N3O2/c1-19(8-11-6-12(21)7-18-11)13(22)10-2-4-20(5-3-10)9-14(15,16)17/h10-12,18,21H,2-9H2,1H3/t11-,12+/m0/s1. The fraction of sp³-hybridized carbons (Fsp3) is 0.929. The van der Waals surface area contributed by atoms with Gasteiger partial charge >= 0.3 is 6.18 Å². The lowest BCUT2D eigenvalue weighted by molar-refractivity contribution is -0.150. The van der Waals surface area contributed by atoms with Crippen LogP contribution in [0.1, 0.15) is 19.3 Å². The molecule has 0 bridgehead atoms. The summed E-state index contributed by atoms with van der Waals surface area (Å²) < 4.78 is 37.0. The molecule has 2 fully saturated rings. The molecule has 2 atom stereocenters. The molecule has 2 aliphatic heterocycles. The molecule has 0 aromatic carbocycles. The maximum Gasteiger partial charge on any atom is 0.401 e. The highest BCUT2D eigenvalue weighted by molar-refractivity contribution is 5.78. The van der Waals surface area contributed by atoms with Crippen LogP contribution in [0.25, 0.3) is 0 Å². The number of carbonyl (C=O) groups is 1. The molecule has 5 nitrogen and oxygen atoms in total. The molecular weight excluding hydrogens is 299 g/mol. The van der Waals surface area contributed by atoms with E-state index in [1.165, 1.54) is 4.90 Å². The number of piperidine rings is 1. The van der Waals surface area contributed by atoms with Gasteiger partial charge in [0.05, 0.1) is 12.6 Å². The number of nitrogens with zero attached hydrogens (tertiary/aromatic N) is 2. The second-order valence-electron chi connectivity index (χ2n) is 6.38. The molecule has 0 aromatic rings. The first kappa shape index (κ1) is 17.5. The number of carbonyl (C=O) groups excluding carboxylic acids is 1. The van der Waals surface area contributed by atoms with Crippen LogP contribution >= 0.6 is 0 Å². The summed E-state index contributed by atoms with van der Waals surface area (Å²) in [5.74, 6) is -0.198. The smallest absolute Gasteiger partial charge is 0.392 e. The van der Waals surface area contributed by atoms with Crippen LogP contribution < -0.4 is 5.32 Å². The van der Waals surface area contributed by atoms with Gasteiger partial charge in [0, 0.05) is 32.1 Å². The topological polar surface area (TPSA) is 55.8 Å². The molecule has 2 saturated heterocycles. The van der Waals surface area contributed by atoms with E-state index in [0.29, 0.717) is 45.4 Å². The highest BCUT2D eigenvalue weighted by Crippen LogP contribution is 2.23. The number of alkyl halides is 3. The molecule has 8 heteroatoms. The van der Waals surface area contributed by atoms with Gasteiger partial charge in [0.15, 0.2) is 0 Å². The van der Waals surface area contributed by atoms with Crippen LogP contribution in [0.15, 0.2) is 0 Å². The van der Waals surface area contributed by atoms with E-state index in [0.717, 1.165) is 0 Å². The van der Waals surface area contributed by atoms with Gasteiger partial charge in [0.1, 0.15) is 0 Å². The van der Waals surface area contributed by atoms with Gasteiger partial charge in [-0.2, -0.15) is 13.2 Å². The second kappa shape index (κ2) is 7.14. The van der Waals surface area contributed by atoms with Crippen molar-refractivity contribution >= 4 is 5.91 Å². The van der Waals surface area contributed by atoms with Gasteiger partial charge in [-0.05, 0) is 32.4 Å². The Labute approximate surface area is 128 Å². The van der Waals surface area contributed by atoms with Crippen LogP contribution in [0, 0.1) is 5.92 Å². The number of likely N-dealkylation sites (tertiary alicyclic amines) is 1. The number of halogens is 3. The zero-order valence-corrected chi connectivity index (χ0v) is 12.8. The number of rotatable bonds is 4. The van der Waals surface area contributed by atoms with E-state index < -0.39 is 12.7 Å². The van der Waals surface area contributed by atoms with Gasteiger partial charge in [-0.3, -0.25) is 9.69 Å². The molecule has 2 N–H and O–H groups in total. The number of hydrogen-bond acceptors (Lipinski definition) is 4. The van der Waals surface area contributed by atoms with Gasteiger partial charge in [-0.1, -0.05) is 0 Å². The Kier molecular flexibility index (Phi) is 5.68. The summed E-state index contributed by atoms with van der Waals surface area (Å²) in [4.78, 5) is 15.4. The number of nitrogens with one attached hydrogen (secondary N) is 1. The number of β-amino-alcohol motifs (C(OH)–C–C–N with tert-alkyl or cyclic N) is 1. The van der Waals surface area contributed by atoms with Crippen molar-refractivity contribution in [3.05, 3.63) is 0 Å². The maximum absolute atomic E-state index is 12.4. The lowest BCUT2D eigenvalue weighted by atomic mass is 9.95. The average Bonchev–Trinajstić information content (AvgIpc) is 2.82. The first-order valence-electron chi connectivity index (χ1n) is 7.70. The van der Waals surface area contributed by atoms with E-state index in [-0.39, 0.29) is 24.0 Å². The summed E-state index contributed by atoms with van der Waals surface area (Å²) in [6.45, 7) is 0.795. The summed E-state index contributed by atoms with van der Waals surface area (Å²) in [5, 5.41) is 12.6. The minimum atomic E-state index is -4.18. The number of aliphatic hydroxyl groups is 1. The summed E-state index contributed by atoms with van der Waals surface area (Å²) in [5.41, 5.74) is 0. The highest BCUT2D eigenvalue weighted by atomic mass is 19.4. The molecule has 128 valence electrons. The summed E-state index contributed by atoms with van der Waals surface area (Å²) >= 11 is 0. The molecule has 1 amide bonds. The van der Waals surface area contributed by atoms with E-state index in [9.17, 15) is 23.1 Å². The number of amides is 1. The zero-order valence-electron chi connectivity index (χ0n) is 12.8. The van der Waals surface area contributed by atoms with Crippen LogP contribution in [0.5, 0.6) is 0 Å². The van der Waals surface area contributed by atoms with Crippen LogP contribution in [-0.2, 0) is 4.79 Å². The van der Waals surface area contributed by atoms with E-state index in [2.05, 4.69) is 5.32 Å². The Morgan fingerprint density at radius 1 is 1.36 bits per heavy atom. The Bertz CT molecular complexity index is 384. The molecule has 0 unspecified atom stereocenters. The maximum atomic E-state index is 12.4. The predicted octanol–water partition coefficient (Wildman–Crippen LogP) is 0.442. The van der Waals surface area contributed by atoms with E-state index >= 15 is 0 Å². The largest absolute Gasteiger partial charge is 0.401 e.